The molecule has 0 saturated carbocycles. The molecule has 0 bridgehead atoms. The number of hydrogen-bond acceptors (Lipinski definition) is 2. The van der Waals surface area contributed by atoms with Crippen LogP contribution in [0.1, 0.15) is 0 Å². The van der Waals surface area contributed by atoms with Gasteiger partial charge in [0.1, 0.15) is 0 Å². The number of nitrogens with one attached hydrogen (secondary N) is 1. The molecule has 3 N–H and O–H groups in total. The van der Waals surface area contributed by atoms with Crippen molar-refractivity contribution in [3.05, 3.63) is 30.6 Å². The third kappa shape index (κ3) is 1.56. The maximum atomic E-state index is 4.50. The number of pyridine rings is 1. The second-order valence-electron chi connectivity index (χ2n) is 1.91. The van der Waals surface area contributed by atoms with E-state index in [1.54, 1.807) is 6.20 Å². The number of rotatable bonds is 0. The Labute approximate surface area is 65.3 Å². The van der Waals surface area contributed by atoms with Gasteiger partial charge in [-0.1, -0.05) is 0 Å². The van der Waals surface area contributed by atoms with Crippen molar-refractivity contribution in [3.8, 4) is 0 Å². The average Bonchev–Trinajstić information content (AvgIpc) is 2.55. The average molecular weight is 149 g/mol. The second kappa shape index (κ2) is 3.73. The third-order valence-electron chi connectivity index (χ3n) is 1.32. The summed E-state index contributed by atoms with van der Waals surface area (Å²) in [6.07, 6.45) is 3.67. The Morgan fingerprint density at radius 2 is 2.18 bits per heavy atom. The Hall–Kier alpha value is -1.35. The highest BCUT2D eigenvalue weighted by molar-refractivity contribution is 5.73. The van der Waals surface area contributed by atoms with Crippen LogP contribution < -0.4 is 5.73 Å². The largest absolute Gasteiger partial charge is 0.360 e. The number of hydrogen-bond donors (Lipinski definition) is 2. The Morgan fingerprint density at radius 3 is 2.91 bits per heavy atom. The second-order valence-corrected chi connectivity index (χ2v) is 1.91. The summed E-state index contributed by atoms with van der Waals surface area (Å²) in [7, 11) is 1.50. The van der Waals surface area contributed by atoms with E-state index in [-0.39, 0.29) is 0 Å². The van der Waals surface area contributed by atoms with Gasteiger partial charge < -0.3 is 10.7 Å². The first-order chi connectivity index (χ1) is 5.47. The zero-order chi connectivity index (χ0) is 8.10. The lowest BCUT2D eigenvalue weighted by molar-refractivity contribution is 1.41. The zero-order valence-corrected chi connectivity index (χ0v) is 6.41. The van der Waals surface area contributed by atoms with Crippen molar-refractivity contribution in [1.82, 2.24) is 9.97 Å². The quantitative estimate of drug-likeness (QED) is 0.590. The van der Waals surface area contributed by atoms with E-state index in [1.807, 2.05) is 24.4 Å². The molecular formula is C8H11N3. The minimum Gasteiger partial charge on any atom is -0.360 e. The molecule has 2 aromatic rings. The molecule has 0 spiro atoms. The molecule has 3 nitrogen and oxygen atoms in total. The van der Waals surface area contributed by atoms with Gasteiger partial charge in [0.05, 0.1) is 11.0 Å². The number of nitrogens with two attached hydrogens (primary N) is 1. The summed E-state index contributed by atoms with van der Waals surface area (Å²) in [5, 5.41) is 0. The van der Waals surface area contributed by atoms with Gasteiger partial charge in [0.15, 0.2) is 0 Å². The number of nitrogens with zero attached hydrogens (tertiary/aromatic N) is 1. The Balaban J connectivity index is 0.000000281. The van der Waals surface area contributed by atoms with Crippen LogP contribution in [0.2, 0.25) is 0 Å². The molecule has 11 heavy (non-hydrogen) atoms. The van der Waals surface area contributed by atoms with Crippen LogP contribution in [0.15, 0.2) is 30.6 Å². The van der Waals surface area contributed by atoms with Crippen LogP contribution in [0.5, 0.6) is 0 Å². The molecule has 3 heteroatoms. The molecule has 0 saturated heterocycles. The smallest absolute Gasteiger partial charge is 0.0878 e. The lowest BCUT2D eigenvalue weighted by Crippen LogP contribution is -1.69. The van der Waals surface area contributed by atoms with Crippen LogP contribution in [-0.2, 0) is 0 Å². The van der Waals surface area contributed by atoms with Crippen molar-refractivity contribution in [2.75, 3.05) is 7.05 Å². The van der Waals surface area contributed by atoms with Crippen molar-refractivity contribution < 1.29 is 0 Å². The van der Waals surface area contributed by atoms with Gasteiger partial charge in [-0.15, -0.1) is 0 Å². The summed E-state index contributed by atoms with van der Waals surface area (Å²) in [6.45, 7) is 0. The lowest BCUT2D eigenvalue weighted by Gasteiger charge is -1.82. The monoisotopic (exact) mass is 149 g/mol. The molecule has 0 aromatic carbocycles. The highest BCUT2D eigenvalue weighted by Gasteiger charge is 1.88. The van der Waals surface area contributed by atoms with Crippen molar-refractivity contribution in [1.29, 1.82) is 0 Å². The van der Waals surface area contributed by atoms with E-state index in [2.05, 4.69) is 15.7 Å². The van der Waals surface area contributed by atoms with Crippen molar-refractivity contribution >= 4 is 11.0 Å². The van der Waals surface area contributed by atoms with Crippen molar-refractivity contribution in [2.24, 2.45) is 5.73 Å². The molecule has 0 amide bonds. The van der Waals surface area contributed by atoms with E-state index in [9.17, 15) is 0 Å². The van der Waals surface area contributed by atoms with Crippen LogP contribution in [0, 0.1) is 0 Å². The van der Waals surface area contributed by atoms with Gasteiger partial charge in [-0.2, -0.15) is 0 Å². The third-order valence-corrected chi connectivity index (χ3v) is 1.32. The summed E-state index contributed by atoms with van der Waals surface area (Å²) in [6, 6.07) is 5.87. The molecular weight excluding hydrogens is 138 g/mol. The van der Waals surface area contributed by atoms with Gasteiger partial charge in [0, 0.05) is 12.4 Å². The van der Waals surface area contributed by atoms with Gasteiger partial charge in [0.25, 0.3) is 0 Å². The molecule has 2 rings (SSSR count). The van der Waals surface area contributed by atoms with Gasteiger partial charge >= 0.3 is 0 Å². The Morgan fingerprint density at radius 1 is 1.36 bits per heavy atom. The first-order valence-electron chi connectivity index (χ1n) is 3.43. The summed E-state index contributed by atoms with van der Waals surface area (Å²) in [5.41, 5.74) is 6.62. The Bertz CT molecular complexity index is 283. The van der Waals surface area contributed by atoms with Crippen LogP contribution in [0.3, 0.4) is 0 Å². The van der Waals surface area contributed by atoms with Crippen LogP contribution in [0.4, 0.5) is 0 Å². The Kier molecular flexibility index (Phi) is 2.63. The highest BCUT2D eigenvalue weighted by atomic mass is 14.7. The van der Waals surface area contributed by atoms with E-state index < -0.39 is 0 Å². The molecule has 0 atom stereocenters. The van der Waals surface area contributed by atoms with Crippen molar-refractivity contribution in [3.63, 3.8) is 0 Å². The molecule has 2 heterocycles. The molecule has 58 valence electrons. The van der Waals surface area contributed by atoms with E-state index >= 15 is 0 Å². The molecule has 0 aliphatic rings. The molecule has 0 aliphatic heterocycles. The van der Waals surface area contributed by atoms with Crippen LogP contribution >= 0.6 is 0 Å². The normalized spacial score (nSPS) is 8.91. The first kappa shape index (κ1) is 7.75. The zero-order valence-electron chi connectivity index (χ0n) is 6.41. The molecule has 2 aromatic heterocycles. The summed E-state index contributed by atoms with van der Waals surface area (Å²) >= 11 is 0. The predicted octanol–water partition coefficient (Wildman–Crippen LogP) is 1.14. The van der Waals surface area contributed by atoms with Gasteiger partial charge in [-0.25, -0.2) is 0 Å². The molecule has 0 radical (unpaired) electrons. The fourth-order valence-electron chi connectivity index (χ4n) is 0.883. The summed E-state index contributed by atoms with van der Waals surface area (Å²) < 4.78 is 0. The molecule has 0 aliphatic carbocycles. The maximum Gasteiger partial charge on any atom is 0.0878 e. The first-order valence-corrected chi connectivity index (χ1v) is 3.43. The van der Waals surface area contributed by atoms with Crippen LogP contribution in [-0.4, -0.2) is 17.0 Å². The number of H-pyrrole nitrogens is 1. The van der Waals surface area contributed by atoms with Gasteiger partial charge in [-0.3, -0.25) is 4.98 Å². The highest BCUT2D eigenvalue weighted by Crippen LogP contribution is 2.05. The summed E-state index contributed by atoms with van der Waals surface area (Å²) in [4.78, 5) is 7.17. The number of aromatic amines is 1. The maximum absolute atomic E-state index is 4.50. The topological polar surface area (TPSA) is 54.7 Å². The van der Waals surface area contributed by atoms with E-state index in [4.69, 9.17) is 0 Å². The fraction of sp³-hybridized carbons (Fsp3) is 0.125. The van der Waals surface area contributed by atoms with Gasteiger partial charge in [0.2, 0.25) is 0 Å². The van der Waals surface area contributed by atoms with E-state index in [0.717, 1.165) is 11.0 Å². The minimum absolute atomic E-state index is 1.03. The minimum atomic E-state index is 1.03. The fourth-order valence-corrected chi connectivity index (χ4v) is 0.883. The van der Waals surface area contributed by atoms with Gasteiger partial charge in [-0.05, 0) is 25.2 Å². The predicted molar refractivity (Wildman–Crippen MR) is 46.2 cm³/mol. The number of aromatic nitrogens is 2. The summed E-state index contributed by atoms with van der Waals surface area (Å²) in [5.74, 6) is 0. The molecule has 0 unspecified atom stereocenters. The SMILES string of the molecule is CN.c1cnc2cc[nH]c2c1. The van der Waals surface area contributed by atoms with Crippen molar-refractivity contribution in [2.45, 2.75) is 0 Å². The molecule has 0 fully saturated rings. The van der Waals surface area contributed by atoms with Crippen LogP contribution in [0.25, 0.3) is 11.0 Å². The van der Waals surface area contributed by atoms with E-state index in [0.29, 0.717) is 0 Å². The number of fused-ring (bicyclic) bond motifs is 1. The standard InChI is InChI=1S/C7H6N2.CH5N/c1-2-6-7(8-4-1)3-5-9-6;1-2/h1-5,9H;2H2,1H3. The van der Waals surface area contributed by atoms with E-state index in [1.165, 1.54) is 7.05 Å². The lowest BCUT2D eigenvalue weighted by atomic mass is 10.4.